The summed E-state index contributed by atoms with van der Waals surface area (Å²) in [6, 6.07) is 10.0. The fraction of sp³-hybridized carbons (Fsp3) is 0.0714. The number of benzene rings is 1. The lowest BCUT2D eigenvalue weighted by atomic mass is 10.1. The Morgan fingerprint density at radius 3 is 2.80 bits per heavy atom. The molecule has 2 rings (SSSR count). The van der Waals surface area contributed by atoms with Crippen molar-refractivity contribution in [1.82, 2.24) is 4.98 Å². The summed E-state index contributed by atoms with van der Waals surface area (Å²) in [7, 11) is 1.47. The molecule has 0 aliphatic heterocycles. The van der Waals surface area contributed by atoms with E-state index < -0.39 is 5.91 Å². The molecule has 0 radical (unpaired) electrons. The molecule has 1 aromatic heterocycles. The van der Waals surface area contributed by atoms with Gasteiger partial charge in [0.1, 0.15) is 22.7 Å². The number of para-hydroxylation sites is 1. The van der Waals surface area contributed by atoms with Crippen LogP contribution in [0, 0.1) is 11.3 Å². The van der Waals surface area contributed by atoms with Gasteiger partial charge in [0.05, 0.1) is 18.2 Å². The quantitative estimate of drug-likeness (QED) is 0.881. The number of hydrogen-bond donors (Lipinski definition) is 1. The Hall–Kier alpha value is -2.58. The minimum Gasteiger partial charge on any atom is -0.495 e. The molecule has 0 saturated heterocycles. The number of nitrogens with zero attached hydrogens (tertiary/aromatic N) is 2. The molecule has 6 heteroatoms. The molecule has 0 spiro atoms. The smallest absolute Gasteiger partial charge is 0.257 e. The highest BCUT2D eigenvalue weighted by atomic mass is 35.5. The van der Waals surface area contributed by atoms with E-state index in [0.29, 0.717) is 27.7 Å². The van der Waals surface area contributed by atoms with Crippen LogP contribution in [0.25, 0.3) is 0 Å². The van der Waals surface area contributed by atoms with Crippen molar-refractivity contribution in [3.63, 3.8) is 0 Å². The monoisotopic (exact) mass is 287 g/mol. The Morgan fingerprint density at radius 1 is 1.40 bits per heavy atom. The predicted octanol–water partition coefficient (Wildman–Crippen LogP) is 2.87. The second-order valence-corrected chi connectivity index (χ2v) is 4.21. The lowest BCUT2D eigenvalue weighted by Gasteiger charge is -2.11. The van der Waals surface area contributed by atoms with E-state index in [1.807, 2.05) is 6.07 Å². The second kappa shape index (κ2) is 6.04. The minimum atomic E-state index is -0.393. The number of carbonyl (C=O) groups excluding carboxylic acids is 1. The van der Waals surface area contributed by atoms with Crippen LogP contribution in [0.2, 0.25) is 5.15 Å². The fourth-order valence-corrected chi connectivity index (χ4v) is 1.73. The molecular weight excluding hydrogens is 278 g/mol. The van der Waals surface area contributed by atoms with Crippen LogP contribution in [0.1, 0.15) is 15.9 Å². The van der Waals surface area contributed by atoms with E-state index in [2.05, 4.69) is 10.3 Å². The van der Waals surface area contributed by atoms with Crippen molar-refractivity contribution in [2.45, 2.75) is 0 Å². The summed E-state index contributed by atoms with van der Waals surface area (Å²) in [5, 5.41) is 12.0. The molecule has 1 aromatic carbocycles. The van der Waals surface area contributed by atoms with Gasteiger partial charge in [0.2, 0.25) is 0 Å². The zero-order valence-corrected chi connectivity index (χ0v) is 11.3. The van der Waals surface area contributed by atoms with Crippen LogP contribution in [0.15, 0.2) is 36.5 Å². The number of halogens is 1. The van der Waals surface area contributed by atoms with Crippen LogP contribution >= 0.6 is 11.6 Å². The van der Waals surface area contributed by atoms with Gasteiger partial charge in [-0.15, -0.1) is 0 Å². The molecule has 5 nitrogen and oxygen atoms in total. The average Bonchev–Trinajstić information content (AvgIpc) is 2.48. The Labute approximate surface area is 120 Å². The number of hydrogen-bond acceptors (Lipinski definition) is 4. The molecule has 20 heavy (non-hydrogen) atoms. The number of anilines is 1. The van der Waals surface area contributed by atoms with Crippen molar-refractivity contribution < 1.29 is 9.53 Å². The highest BCUT2D eigenvalue weighted by molar-refractivity contribution is 6.29. The fourth-order valence-electron chi connectivity index (χ4n) is 1.62. The van der Waals surface area contributed by atoms with E-state index >= 15 is 0 Å². The summed E-state index contributed by atoms with van der Waals surface area (Å²) in [5.74, 6) is 0.0227. The number of amides is 1. The molecule has 100 valence electrons. The van der Waals surface area contributed by atoms with Crippen molar-refractivity contribution in [2.75, 3.05) is 12.4 Å². The van der Waals surface area contributed by atoms with Crippen molar-refractivity contribution in [1.29, 1.82) is 5.26 Å². The van der Waals surface area contributed by atoms with Gasteiger partial charge in [-0.3, -0.25) is 4.79 Å². The molecule has 1 N–H and O–H groups in total. The maximum atomic E-state index is 12.1. The maximum Gasteiger partial charge on any atom is 0.257 e. The van der Waals surface area contributed by atoms with Gasteiger partial charge in [0.15, 0.2) is 0 Å². The van der Waals surface area contributed by atoms with Crippen molar-refractivity contribution in [3.8, 4) is 11.8 Å². The van der Waals surface area contributed by atoms with Crippen LogP contribution in [-0.4, -0.2) is 18.0 Å². The molecular formula is C14H10ClN3O2. The first-order chi connectivity index (χ1) is 9.65. The summed E-state index contributed by atoms with van der Waals surface area (Å²) < 4.78 is 5.14. The largest absolute Gasteiger partial charge is 0.495 e. The van der Waals surface area contributed by atoms with Crippen molar-refractivity contribution in [3.05, 3.63) is 52.8 Å². The van der Waals surface area contributed by atoms with E-state index in [1.54, 1.807) is 24.3 Å². The Kier molecular flexibility index (Phi) is 4.18. The molecule has 0 atom stereocenters. The highest BCUT2D eigenvalue weighted by Gasteiger charge is 2.13. The van der Waals surface area contributed by atoms with E-state index in [1.165, 1.54) is 19.4 Å². The van der Waals surface area contributed by atoms with E-state index in [0.717, 1.165) is 0 Å². The first kappa shape index (κ1) is 13.8. The number of pyridine rings is 1. The molecule has 0 saturated carbocycles. The first-order valence-electron chi connectivity index (χ1n) is 5.65. The van der Waals surface area contributed by atoms with Gasteiger partial charge >= 0.3 is 0 Å². The van der Waals surface area contributed by atoms with Gasteiger partial charge in [-0.25, -0.2) is 4.98 Å². The molecule has 0 fully saturated rings. The van der Waals surface area contributed by atoms with Gasteiger partial charge in [-0.05, 0) is 24.3 Å². The van der Waals surface area contributed by atoms with Crippen LogP contribution in [0.4, 0.5) is 5.69 Å². The van der Waals surface area contributed by atoms with E-state index in [4.69, 9.17) is 21.6 Å². The zero-order valence-electron chi connectivity index (χ0n) is 10.6. The number of aromatic nitrogens is 1. The van der Waals surface area contributed by atoms with Gasteiger partial charge in [-0.2, -0.15) is 5.26 Å². The number of nitriles is 1. The predicted molar refractivity (Wildman–Crippen MR) is 74.9 cm³/mol. The molecule has 0 unspecified atom stereocenters. The molecule has 0 aliphatic carbocycles. The molecule has 0 aliphatic rings. The number of carbonyl (C=O) groups is 1. The van der Waals surface area contributed by atoms with Crippen LogP contribution in [-0.2, 0) is 0 Å². The summed E-state index contributed by atoms with van der Waals surface area (Å²) >= 11 is 5.67. The topological polar surface area (TPSA) is 75.0 Å². The minimum absolute atomic E-state index is 0.302. The lowest BCUT2D eigenvalue weighted by molar-refractivity contribution is 0.102. The van der Waals surface area contributed by atoms with E-state index in [9.17, 15) is 4.79 Å². The van der Waals surface area contributed by atoms with Crippen molar-refractivity contribution in [2.24, 2.45) is 0 Å². The van der Waals surface area contributed by atoms with Gasteiger partial charge < -0.3 is 10.1 Å². The normalized spacial score (nSPS) is 9.65. The third kappa shape index (κ3) is 2.87. The Bertz CT molecular complexity index is 678. The molecule has 0 bridgehead atoms. The van der Waals surface area contributed by atoms with E-state index in [-0.39, 0.29) is 0 Å². The standard InChI is InChI=1S/C14H10ClN3O2/c1-20-11-4-2-3-9(7-16)13(11)18-14(19)10-5-6-12(15)17-8-10/h2-6,8H,1H3,(H,18,19). The SMILES string of the molecule is COc1cccc(C#N)c1NC(=O)c1ccc(Cl)nc1. The number of rotatable bonds is 3. The Balaban J connectivity index is 2.32. The lowest BCUT2D eigenvalue weighted by Crippen LogP contribution is -2.14. The summed E-state index contributed by atoms with van der Waals surface area (Å²) in [6.45, 7) is 0. The molecule has 1 heterocycles. The summed E-state index contributed by atoms with van der Waals surface area (Å²) in [4.78, 5) is 15.9. The van der Waals surface area contributed by atoms with Crippen LogP contribution in [0.5, 0.6) is 5.75 Å². The summed E-state index contributed by atoms with van der Waals surface area (Å²) in [5.41, 5.74) is 0.987. The van der Waals surface area contributed by atoms with Crippen LogP contribution < -0.4 is 10.1 Å². The number of ether oxygens (including phenoxy) is 1. The van der Waals surface area contributed by atoms with Gasteiger partial charge in [0.25, 0.3) is 5.91 Å². The third-order valence-corrected chi connectivity index (χ3v) is 2.82. The number of methoxy groups -OCH3 is 1. The molecule has 2 aromatic rings. The van der Waals surface area contributed by atoms with Crippen LogP contribution in [0.3, 0.4) is 0 Å². The second-order valence-electron chi connectivity index (χ2n) is 3.82. The molecule has 1 amide bonds. The van der Waals surface area contributed by atoms with Gasteiger partial charge in [-0.1, -0.05) is 17.7 Å². The zero-order chi connectivity index (χ0) is 14.5. The maximum absolute atomic E-state index is 12.1. The average molecular weight is 288 g/mol. The van der Waals surface area contributed by atoms with Gasteiger partial charge in [0, 0.05) is 6.20 Å². The summed E-state index contributed by atoms with van der Waals surface area (Å²) in [6.07, 6.45) is 1.36. The highest BCUT2D eigenvalue weighted by Crippen LogP contribution is 2.28. The number of nitrogens with one attached hydrogen (secondary N) is 1. The Morgan fingerprint density at radius 2 is 2.20 bits per heavy atom. The first-order valence-corrected chi connectivity index (χ1v) is 6.03. The van der Waals surface area contributed by atoms with Crippen molar-refractivity contribution >= 4 is 23.2 Å². The third-order valence-electron chi connectivity index (χ3n) is 2.59.